The van der Waals surface area contributed by atoms with Gasteiger partial charge in [0.15, 0.2) is 0 Å². The number of benzene rings is 1. The van der Waals surface area contributed by atoms with Crippen molar-refractivity contribution < 1.29 is 9.47 Å². The predicted molar refractivity (Wildman–Crippen MR) is 81.1 cm³/mol. The Morgan fingerprint density at radius 3 is 2.58 bits per heavy atom. The number of hydrogen-bond acceptors (Lipinski definition) is 6. The Labute approximate surface area is 131 Å². The van der Waals surface area contributed by atoms with Gasteiger partial charge in [0.25, 0.3) is 5.19 Å². The van der Waals surface area contributed by atoms with Gasteiger partial charge < -0.3 is 14.8 Å². The molecule has 1 N–H and O–H groups in total. The van der Waals surface area contributed by atoms with Gasteiger partial charge in [0, 0.05) is 12.6 Å². The van der Waals surface area contributed by atoms with Gasteiger partial charge in [-0.25, -0.2) is 0 Å². The van der Waals surface area contributed by atoms with Crippen LogP contribution in [-0.4, -0.2) is 24.4 Å². The minimum Gasteiger partial charge on any atom is -0.496 e. The Balaban J connectivity index is 2.20. The molecule has 0 aliphatic heterocycles. The van der Waals surface area contributed by atoms with Gasteiger partial charge in [-0.2, -0.15) is 0 Å². The molecule has 2 aromatic rings. The molecule has 0 unspecified atom stereocenters. The zero-order valence-corrected chi connectivity index (χ0v) is 14.2. The second-order valence-corrected chi connectivity index (χ2v) is 6.24. The van der Waals surface area contributed by atoms with E-state index in [1.54, 1.807) is 7.11 Å². The summed E-state index contributed by atoms with van der Waals surface area (Å²) in [5.41, 5.74) is 0. The van der Waals surface area contributed by atoms with E-state index >= 15 is 0 Å². The second kappa shape index (κ2) is 6.65. The van der Waals surface area contributed by atoms with Gasteiger partial charge >= 0.3 is 0 Å². The highest BCUT2D eigenvalue weighted by atomic mass is 79.9. The first kappa shape index (κ1) is 14.7. The molecular formula is C11H11Br2N3O2S. The number of nitrogens with one attached hydrogen (secondary N) is 1. The molecule has 2 rings (SSSR count). The van der Waals surface area contributed by atoms with Crippen molar-refractivity contribution in [1.82, 2.24) is 15.5 Å². The molecule has 19 heavy (non-hydrogen) atoms. The Morgan fingerprint density at radius 2 is 1.89 bits per heavy atom. The van der Waals surface area contributed by atoms with Crippen molar-refractivity contribution >= 4 is 43.2 Å². The number of halogens is 2. The number of hydrogen-bond donors (Lipinski definition) is 1. The fraction of sp³-hybridized carbons (Fsp3) is 0.273. The third-order valence-corrected chi connectivity index (χ3v) is 4.22. The van der Waals surface area contributed by atoms with E-state index in [1.165, 1.54) is 11.3 Å². The molecule has 0 saturated heterocycles. The van der Waals surface area contributed by atoms with E-state index in [0.717, 1.165) is 19.7 Å². The van der Waals surface area contributed by atoms with Crippen LogP contribution in [0, 0.1) is 0 Å². The van der Waals surface area contributed by atoms with Gasteiger partial charge in [0.05, 0.1) is 16.1 Å². The minimum atomic E-state index is 0.503. The fourth-order valence-electron chi connectivity index (χ4n) is 1.34. The van der Waals surface area contributed by atoms with E-state index in [2.05, 4.69) is 47.4 Å². The molecule has 0 amide bonds. The Hall–Kier alpha value is -0.700. The molecule has 0 atom stereocenters. The Bertz CT molecular complexity index is 577. The van der Waals surface area contributed by atoms with Crippen molar-refractivity contribution in [2.45, 2.75) is 6.54 Å². The molecule has 0 aliphatic carbocycles. The van der Waals surface area contributed by atoms with Crippen LogP contribution in [0.1, 0.15) is 5.01 Å². The fourth-order valence-corrected chi connectivity index (χ4v) is 2.94. The third kappa shape index (κ3) is 3.65. The van der Waals surface area contributed by atoms with Gasteiger partial charge in [-0.05, 0) is 45.0 Å². The van der Waals surface area contributed by atoms with E-state index in [0.29, 0.717) is 17.5 Å². The minimum absolute atomic E-state index is 0.503. The summed E-state index contributed by atoms with van der Waals surface area (Å²) in [6.45, 7) is 0.675. The molecule has 0 bridgehead atoms. The van der Waals surface area contributed by atoms with Crippen molar-refractivity contribution in [1.29, 1.82) is 0 Å². The van der Waals surface area contributed by atoms with E-state index in [9.17, 15) is 0 Å². The van der Waals surface area contributed by atoms with E-state index < -0.39 is 0 Å². The maximum absolute atomic E-state index is 5.70. The normalized spacial score (nSPS) is 10.5. The number of methoxy groups -OCH3 is 1. The van der Waals surface area contributed by atoms with Crippen molar-refractivity contribution in [3.63, 3.8) is 0 Å². The van der Waals surface area contributed by atoms with Crippen LogP contribution in [0.25, 0.3) is 0 Å². The van der Waals surface area contributed by atoms with Gasteiger partial charge in [0.2, 0.25) is 0 Å². The molecule has 1 heterocycles. The summed E-state index contributed by atoms with van der Waals surface area (Å²) in [6.07, 6.45) is 0. The topological polar surface area (TPSA) is 56.3 Å². The maximum Gasteiger partial charge on any atom is 0.299 e. The standard InChI is InChI=1S/C11H11Br2N3O2S/c1-14-5-10-15-16-11(19-10)18-9-4-6(12)8(17-2)3-7(9)13/h3-4,14H,5H2,1-2H3. The van der Waals surface area contributed by atoms with E-state index in [-0.39, 0.29) is 0 Å². The summed E-state index contributed by atoms with van der Waals surface area (Å²) in [4.78, 5) is 0. The third-order valence-electron chi connectivity index (χ3n) is 2.18. The summed E-state index contributed by atoms with van der Waals surface area (Å²) in [7, 11) is 3.47. The average molecular weight is 409 g/mol. The van der Waals surface area contributed by atoms with Crippen molar-refractivity contribution in [3.8, 4) is 16.7 Å². The van der Waals surface area contributed by atoms with Crippen LogP contribution in [0.3, 0.4) is 0 Å². The highest BCUT2D eigenvalue weighted by Gasteiger charge is 2.12. The molecule has 1 aromatic heterocycles. The van der Waals surface area contributed by atoms with Crippen LogP contribution in [0.2, 0.25) is 0 Å². The summed E-state index contributed by atoms with van der Waals surface area (Å²) in [6, 6.07) is 3.65. The number of aromatic nitrogens is 2. The SMILES string of the molecule is CNCc1nnc(Oc2cc(Br)c(OC)cc2Br)s1. The lowest BCUT2D eigenvalue weighted by Crippen LogP contribution is -2.04. The van der Waals surface area contributed by atoms with Gasteiger partial charge in [0.1, 0.15) is 16.5 Å². The van der Waals surface area contributed by atoms with Crippen molar-refractivity contribution in [3.05, 3.63) is 26.1 Å². The van der Waals surface area contributed by atoms with Crippen LogP contribution >= 0.6 is 43.2 Å². The zero-order valence-electron chi connectivity index (χ0n) is 10.2. The predicted octanol–water partition coefficient (Wildman–Crippen LogP) is 3.58. The number of rotatable bonds is 5. The van der Waals surface area contributed by atoms with Crippen LogP contribution in [0.5, 0.6) is 16.7 Å². The highest BCUT2D eigenvalue weighted by Crippen LogP contribution is 2.38. The maximum atomic E-state index is 5.70. The second-order valence-electron chi connectivity index (χ2n) is 3.51. The van der Waals surface area contributed by atoms with Gasteiger partial charge in [-0.1, -0.05) is 16.4 Å². The highest BCUT2D eigenvalue weighted by molar-refractivity contribution is 9.11. The molecule has 5 nitrogen and oxygen atoms in total. The van der Waals surface area contributed by atoms with Crippen molar-refractivity contribution in [2.75, 3.05) is 14.2 Å². The first-order valence-electron chi connectivity index (χ1n) is 5.32. The largest absolute Gasteiger partial charge is 0.496 e. The van der Waals surface area contributed by atoms with E-state index in [4.69, 9.17) is 9.47 Å². The quantitative estimate of drug-likeness (QED) is 0.819. The molecule has 0 radical (unpaired) electrons. The lowest BCUT2D eigenvalue weighted by atomic mass is 10.3. The summed E-state index contributed by atoms with van der Waals surface area (Å²) in [5, 5.41) is 12.4. The van der Waals surface area contributed by atoms with Gasteiger partial charge in [-0.3, -0.25) is 0 Å². The molecule has 1 aromatic carbocycles. The zero-order chi connectivity index (χ0) is 13.8. The van der Waals surface area contributed by atoms with E-state index in [1.807, 2.05) is 19.2 Å². The molecule has 0 fully saturated rings. The first-order valence-corrected chi connectivity index (χ1v) is 7.72. The van der Waals surface area contributed by atoms with Crippen LogP contribution in [0.4, 0.5) is 0 Å². The van der Waals surface area contributed by atoms with Crippen LogP contribution in [-0.2, 0) is 6.54 Å². The summed E-state index contributed by atoms with van der Waals surface area (Å²) >= 11 is 8.25. The number of nitrogens with zero attached hydrogens (tertiary/aromatic N) is 2. The molecular weight excluding hydrogens is 398 g/mol. The molecule has 0 saturated carbocycles. The molecule has 102 valence electrons. The van der Waals surface area contributed by atoms with Crippen LogP contribution in [0.15, 0.2) is 21.1 Å². The van der Waals surface area contributed by atoms with Gasteiger partial charge in [-0.15, -0.1) is 5.10 Å². The lowest BCUT2D eigenvalue weighted by Gasteiger charge is -2.08. The Kier molecular flexibility index (Phi) is 5.14. The lowest BCUT2D eigenvalue weighted by molar-refractivity contribution is 0.409. The first-order chi connectivity index (χ1) is 9.13. The van der Waals surface area contributed by atoms with Crippen molar-refractivity contribution in [2.24, 2.45) is 0 Å². The summed E-state index contributed by atoms with van der Waals surface area (Å²) < 4.78 is 12.5. The van der Waals surface area contributed by atoms with Crippen LogP contribution < -0.4 is 14.8 Å². The monoisotopic (exact) mass is 407 g/mol. The number of ether oxygens (including phenoxy) is 2. The smallest absolute Gasteiger partial charge is 0.299 e. The molecule has 8 heteroatoms. The average Bonchev–Trinajstić information content (AvgIpc) is 2.81. The molecule has 0 aliphatic rings. The Morgan fingerprint density at radius 1 is 1.21 bits per heavy atom. The summed E-state index contributed by atoms with van der Waals surface area (Å²) in [5.74, 6) is 1.38. The molecule has 0 spiro atoms.